The number of aromatic nitrogens is 1. The van der Waals surface area contributed by atoms with Gasteiger partial charge >= 0.3 is 6.09 Å². The lowest BCUT2D eigenvalue weighted by molar-refractivity contribution is 0.145. The third-order valence-corrected chi connectivity index (χ3v) is 8.50. The predicted octanol–water partition coefficient (Wildman–Crippen LogP) is 4.04. The number of aryl methyl sites for hydroxylation is 1. The molecule has 1 aromatic heterocycles. The average Bonchev–Trinajstić information content (AvgIpc) is 3.40. The summed E-state index contributed by atoms with van der Waals surface area (Å²) in [7, 11) is 2.09. The van der Waals surface area contributed by atoms with E-state index < -0.39 is 6.09 Å². The number of nitrogens with one attached hydrogen (secondary N) is 2. The smallest absolute Gasteiger partial charge is 0.415 e. The van der Waals surface area contributed by atoms with Gasteiger partial charge in [-0.2, -0.15) is 5.26 Å². The summed E-state index contributed by atoms with van der Waals surface area (Å²) in [6, 6.07) is 15.3. The molecule has 0 bridgehead atoms. The Morgan fingerprint density at radius 2 is 1.98 bits per heavy atom. The van der Waals surface area contributed by atoms with Gasteiger partial charge < -0.3 is 29.9 Å². The zero-order chi connectivity index (χ0) is 27.6. The quantitative estimate of drug-likeness (QED) is 0.500. The summed E-state index contributed by atoms with van der Waals surface area (Å²) in [5.74, 6) is 0.614. The number of hydrogen-bond donors (Lipinski definition) is 2. The maximum atomic E-state index is 13.2. The van der Waals surface area contributed by atoms with Gasteiger partial charge in [-0.05, 0) is 55.3 Å². The molecule has 9 nitrogen and oxygen atoms in total. The topological polar surface area (TPSA) is 103 Å². The fourth-order valence-corrected chi connectivity index (χ4v) is 6.24. The second-order valence-electron chi connectivity index (χ2n) is 11.0. The zero-order valence-electron chi connectivity index (χ0n) is 23.2. The van der Waals surface area contributed by atoms with Crippen LogP contribution in [0.3, 0.4) is 0 Å². The van der Waals surface area contributed by atoms with E-state index in [9.17, 15) is 10.1 Å². The van der Waals surface area contributed by atoms with Gasteiger partial charge in [-0.1, -0.05) is 36.4 Å². The van der Waals surface area contributed by atoms with E-state index in [0.717, 1.165) is 25.1 Å². The molecule has 2 atom stereocenters. The number of pyridine rings is 1. The molecule has 0 aliphatic carbocycles. The van der Waals surface area contributed by atoms with Gasteiger partial charge in [0, 0.05) is 51.1 Å². The van der Waals surface area contributed by atoms with E-state index in [2.05, 4.69) is 72.0 Å². The van der Waals surface area contributed by atoms with Crippen LogP contribution in [0.5, 0.6) is 11.6 Å². The van der Waals surface area contributed by atoms with Crippen molar-refractivity contribution in [2.75, 3.05) is 58.2 Å². The van der Waals surface area contributed by atoms with Crippen molar-refractivity contribution in [1.29, 1.82) is 5.26 Å². The summed E-state index contributed by atoms with van der Waals surface area (Å²) >= 11 is 0. The first-order valence-electron chi connectivity index (χ1n) is 14.2. The summed E-state index contributed by atoms with van der Waals surface area (Å²) in [5, 5.41) is 19.4. The van der Waals surface area contributed by atoms with Crippen molar-refractivity contribution in [2.24, 2.45) is 0 Å². The van der Waals surface area contributed by atoms with Gasteiger partial charge in [0.05, 0.1) is 5.69 Å². The van der Waals surface area contributed by atoms with Crippen LogP contribution in [-0.2, 0) is 6.42 Å². The lowest BCUT2D eigenvalue weighted by atomic mass is 9.86. The molecule has 1 unspecified atom stereocenters. The molecule has 0 radical (unpaired) electrons. The number of ether oxygens (including phenoxy) is 2. The Morgan fingerprint density at radius 3 is 2.73 bits per heavy atom. The fraction of sp³-hybridized carbons (Fsp3) is 0.452. The van der Waals surface area contributed by atoms with Crippen molar-refractivity contribution in [2.45, 2.75) is 38.1 Å². The van der Waals surface area contributed by atoms with Crippen LogP contribution in [0.15, 0.2) is 36.4 Å². The second-order valence-corrected chi connectivity index (χ2v) is 11.0. The lowest BCUT2D eigenvalue weighted by Crippen LogP contribution is -2.47. The molecule has 0 saturated carbocycles. The molecule has 2 saturated heterocycles. The Labute approximate surface area is 235 Å². The Bertz CT molecular complexity index is 1460. The number of fused-ring (bicyclic) bond motifs is 2. The second kappa shape index (κ2) is 11.3. The van der Waals surface area contributed by atoms with E-state index in [1.807, 2.05) is 0 Å². The van der Waals surface area contributed by atoms with Crippen LogP contribution in [0.4, 0.5) is 10.5 Å². The number of hydrogen-bond acceptors (Lipinski definition) is 8. The van der Waals surface area contributed by atoms with E-state index >= 15 is 0 Å². The van der Waals surface area contributed by atoms with Gasteiger partial charge in [0.25, 0.3) is 0 Å². The number of nitriles is 1. The maximum Gasteiger partial charge on any atom is 0.415 e. The van der Waals surface area contributed by atoms with Crippen LogP contribution in [0.1, 0.15) is 41.1 Å². The molecule has 6 rings (SSSR count). The standard InChI is InChI=1S/C31H36N6O3/c1-20-6-3-7-21-8-4-10-24(27(20)21)22-16-26-28(34-18-22)29(40-31(38)37-14-11-33-12-15-37)25(17-32)30(35-26)39-19-23-9-5-13-36(23)2/h3-4,6-8,10,22-23,33-34H,5,9,11-16,18-19H2,1-2H3/t22-,23?/m1/s1. The van der Waals surface area contributed by atoms with Gasteiger partial charge in [-0.15, -0.1) is 0 Å². The lowest BCUT2D eigenvalue weighted by Gasteiger charge is -2.31. The highest BCUT2D eigenvalue weighted by molar-refractivity contribution is 5.89. The molecule has 3 aliphatic rings. The van der Waals surface area contributed by atoms with E-state index in [1.54, 1.807) is 4.90 Å². The van der Waals surface area contributed by atoms with Crippen LogP contribution in [0.25, 0.3) is 10.8 Å². The Morgan fingerprint density at radius 1 is 1.18 bits per heavy atom. The number of likely N-dealkylation sites (N-methyl/N-ethyl adjacent to an activating group) is 1. The van der Waals surface area contributed by atoms with Gasteiger partial charge in [0.2, 0.25) is 5.88 Å². The monoisotopic (exact) mass is 540 g/mol. The maximum absolute atomic E-state index is 13.2. The highest BCUT2D eigenvalue weighted by Crippen LogP contribution is 2.43. The van der Waals surface area contributed by atoms with Crippen molar-refractivity contribution in [1.82, 2.24) is 20.1 Å². The van der Waals surface area contributed by atoms with E-state index in [4.69, 9.17) is 14.5 Å². The van der Waals surface area contributed by atoms with Crippen molar-refractivity contribution in [3.05, 3.63) is 58.8 Å². The summed E-state index contributed by atoms with van der Waals surface area (Å²) in [4.78, 5) is 22.0. The van der Waals surface area contributed by atoms with Crippen molar-refractivity contribution >= 4 is 22.6 Å². The Hall–Kier alpha value is -3.87. The minimum absolute atomic E-state index is 0.156. The Balaban J connectivity index is 1.37. The Kier molecular flexibility index (Phi) is 7.46. The van der Waals surface area contributed by atoms with Gasteiger partial charge in [0.15, 0.2) is 11.3 Å². The highest BCUT2D eigenvalue weighted by Gasteiger charge is 2.32. The predicted molar refractivity (Wildman–Crippen MR) is 154 cm³/mol. The number of piperazine rings is 1. The summed E-state index contributed by atoms with van der Waals surface area (Å²) in [6.45, 7) is 6.78. The van der Waals surface area contributed by atoms with Crippen molar-refractivity contribution in [3.63, 3.8) is 0 Å². The minimum atomic E-state index is -0.457. The largest absolute Gasteiger partial charge is 0.475 e. The van der Waals surface area contributed by atoms with Crippen LogP contribution in [0, 0.1) is 18.3 Å². The summed E-state index contributed by atoms with van der Waals surface area (Å²) in [6.07, 6.45) is 2.34. The van der Waals surface area contributed by atoms with Crippen molar-refractivity contribution < 1.29 is 14.3 Å². The number of nitrogens with zero attached hydrogens (tertiary/aromatic N) is 4. The molecule has 2 N–H and O–H groups in total. The van der Waals surface area contributed by atoms with Crippen LogP contribution in [-0.4, -0.2) is 79.8 Å². The molecule has 3 aromatic rings. The number of carbonyl (C=O) groups is 1. The third-order valence-electron chi connectivity index (χ3n) is 8.50. The number of anilines is 1. The number of likely N-dealkylation sites (tertiary alicyclic amines) is 1. The first-order chi connectivity index (χ1) is 19.5. The third kappa shape index (κ3) is 5.05. The van der Waals surface area contributed by atoms with Gasteiger partial charge in [-0.25, -0.2) is 9.78 Å². The molecule has 3 aliphatic heterocycles. The molecule has 40 heavy (non-hydrogen) atoms. The van der Waals surface area contributed by atoms with E-state index in [-0.39, 0.29) is 29.2 Å². The SMILES string of the molecule is Cc1cccc2cccc([C@H]3CNc4c(nc(OCC5CCCN5C)c(C#N)c4OC(=O)N4CCNCC4)C3)c12. The number of benzene rings is 2. The van der Waals surface area contributed by atoms with Crippen LogP contribution in [0.2, 0.25) is 0 Å². The zero-order valence-corrected chi connectivity index (χ0v) is 23.2. The molecular formula is C31H36N6O3. The van der Waals surface area contributed by atoms with E-state index in [0.29, 0.717) is 51.4 Å². The molecule has 4 heterocycles. The molecular weight excluding hydrogens is 504 g/mol. The fourth-order valence-electron chi connectivity index (χ4n) is 6.24. The first-order valence-corrected chi connectivity index (χ1v) is 14.2. The van der Waals surface area contributed by atoms with E-state index in [1.165, 1.54) is 21.9 Å². The molecule has 9 heteroatoms. The molecule has 1 amide bonds. The summed E-state index contributed by atoms with van der Waals surface area (Å²) < 4.78 is 12.2. The summed E-state index contributed by atoms with van der Waals surface area (Å²) in [5.41, 5.74) is 4.02. The van der Waals surface area contributed by atoms with Gasteiger partial charge in [0.1, 0.15) is 18.4 Å². The van der Waals surface area contributed by atoms with Gasteiger partial charge in [-0.3, -0.25) is 0 Å². The number of rotatable bonds is 5. The molecule has 2 aromatic carbocycles. The first kappa shape index (κ1) is 26.4. The normalized spacial score (nSPS) is 21.0. The van der Waals surface area contributed by atoms with Crippen molar-refractivity contribution in [3.8, 4) is 17.7 Å². The molecule has 208 valence electrons. The average molecular weight is 541 g/mol. The molecule has 0 spiro atoms. The molecule has 2 fully saturated rings. The van der Waals surface area contributed by atoms with Crippen LogP contribution < -0.4 is 20.1 Å². The highest BCUT2D eigenvalue weighted by atomic mass is 16.6. The number of carbonyl (C=O) groups excluding carboxylic acids is 1. The number of amides is 1. The van der Waals surface area contributed by atoms with Crippen LogP contribution >= 0.6 is 0 Å². The minimum Gasteiger partial charge on any atom is -0.475 e.